The minimum Gasteiger partial charge on any atom is -0.302 e. The minimum atomic E-state index is -0.0863. The van der Waals surface area contributed by atoms with Crippen LogP contribution in [0.15, 0.2) is 35.4 Å². The van der Waals surface area contributed by atoms with Gasteiger partial charge in [-0.15, -0.1) is 11.8 Å². The van der Waals surface area contributed by atoms with Crippen LogP contribution in [0.5, 0.6) is 0 Å². The number of thiazole rings is 1. The number of amides is 1. The number of hydrogen-bond donors (Lipinski definition) is 1. The van der Waals surface area contributed by atoms with Crippen LogP contribution in [0.2, 0.25) is 0 Å². The molecule has 0 fully saturated rings. The summed E-state index contributed by atoms with van der Waals surface area (Å²) in [4.78, 5) is 21.2. The number of aromatic nitrogens is 2. The molecule has 138 valence electrons. The fourth-order valence-corrected chi connectivity index (χ4v) is 4.38. The van der Waals surface area contributed by atoms with Crippen LogP contribution in [0.1, 0.15) is 43.0 Å². The predicted octanol–water partition coefficient (Wildman–Crippen LogP) is 5.12. The van der Waals surface area contributed by atoms with Gasteiger partial charge >= 0.3 is 0 Å². The number of nitrogens with zero attached hydrogens (tertiary/aromatic N) is 3. The molecule has 3 rings (SSSR count). The topological polar surface area (TPSA) is 78.7 Å². The average molecular weight is 397 g/mol. The van der Waals surface area contributed by atoms with Crippen molar-refractivity contribution < 1.29 is 4.79 Å². The second-order valence-electron chi connectivity index (χ2n) is 6.49. The van der Waals surface area contributed by atoms with E-state index in [1.165, 1.54) is 28.7 Å². The van der Waals surface area contributed by atoms with Gasteiger partial charge in [-0.05, 0) is 42.7 Å². The summed E-state index contributed by atoms with van der Waals surface area (Å²) in [5, 5.41) is 13.4. The molecule has 2 aromatic heterocycles. The van der Waals surface area contributed by atoms with Gasteiger partial charge in [0.2, 0.25) is 5.91 Å². The zero-order valence-corrected chi connectivity index (χ0v) is 17.1. The van der Waals surface area contributed by atoms with Crippen molar-refractivity contribution in [3.05, 3.63) is 47.2 Å². The Balaban J connectivity index is 1.59. The molecule has 0 spiro atoms. The van der Waals surface area contributed by atoms with Crippen LogP contribution in [-0.2, 0) is 4.79 Å². The second-order valence-corrected chi connectivity index (χ2v) is 8.61. The highest BCUT2D eigenvalue weighted by molar-refractivity contribution is 7.99. The summed E-state index contributed by atoms with van der Waals surface area (Å²) in [5.41, 5.74) is 3.56. The van der Waals surface area contributed by atoms with E-state index in [2.05, 4.69) is 41.3 Å². The Bertz CT molecular complexity index is 1020. The molecular formula is C20H20N4OS2. The highest BCUT2D eigenvalue weighted by Crippen LogP contribution is 2.27. The van der Waals surface area contributed by atoms with Gasteiger partial charge in [0.1, 0.15) is 11.1 Å². The van der Waals surface area contributed by atoms with Crippen LogP contribution >= 0.6 is 23.1 Å². The van der Waals surface area contributed by atoms with Gasteiger partial charge in [0.25, 0.3) is 0 Å². The molecule has 7 heteroatoms. The molecule has 0 bridgehead atoms. The highest BCUT2D eigenvalue weighted by Gasteiger charge is 2.11. The van der Waals surface area contributed by atoms with Crippen LogP contribution < -0.4 is 5.32 Å². The molecule has 0 atom stereocenters. The SMILES string of the molecule is Cc1ccc2nc(NC(=O)CCSc3nc(C(C)C)ccc3C#N)sc2c1. The van der Waals surface area contributed by atoms with Crippen LogP contribution in [0.3, 0.4) is 0 Å². The molecule has 1 amide bonds. The third kappa shape index (κ3) is 4.85. The van der Waals surface area contributed by atoms with Crippen molar-refractivity contribution in [2.24, 2.45) is 0 Å². The first-order chi connectivity index (χ1) is 13.0. The normalized spacial score (nSPS) is 10.9. The van der Waals surface area contributed by atoms with Crippen molar-refractivity contribution in [3.63, 3.8) is 0 Å². The third-order valence-electron chi connectivity index (χ3n) is 3.95. The Hall–Kier alpha value is -2.43. The van der Waals surface area contributed by atoms with Crippen molar-refractivity contribution in [1.29, 1.82) is 5.26 Å². The molecule has 5 nitrogen and oxygen atoms in total. The number of aryl methyl sites for hydroxylation is 1. The Morgan fingerprint density at radius 3 is 2.85 bits per heavy atom. The van der Waals surface area contributed by atoms with Gasteiger partial charge in [-0.25, -0.2) is 9.97 Å². The number of carbonyl (C=O) groups excluding carboxylic acids is 1. The van der Waals surface area contributed by atoms with Crippen LogP contribution in [0.25, 0.3) is 10.2 Å². The van der Waals surface area contributed by atoms with Crippen molar-refractivity contribution in [3.8, 4) is 6.07 Å². The van der Waals surface area contributed by atoms with Gasteiger partial charge in [0.05, 0.1) is 15.8 Å². The van der Waals surface area contributed by atoms with E-state index < -0.39 is 0 Å². The first-order valence-electron chi connectivity index (χ1n) is 8.67. The summed E-state index contributed by atoms with van der Waals surface area (Å²) in [7, 11) is 0. The first-order valence-corrected chi connectivity index (χ1v) is 10.5. The summed E-state index contributed by atoms with van der Waals surface area (Å²) < 4.78 is 1.06. The number of anilines is 1. The van der Waals surface area contributed by atoms with Gasteiger partial charge in [-0.3, -0.25) is 4.79 Å². The summed E-state index contributed by atoms with van der Waals surface area (Å²) >= 11 is 2.91. The van der Waals surface area contributed by atoms with Gasteiger partial charge in [0, 0.05) is 17.9 Å². The Labute approximate surface area is 166 Å². The predicted molar refractivity (Wildman–Crippen MR) is 111 cm³/mol. The average Bonchev–Trinajstić information content (AvgIpc) is 3.02. The molecule has 0 unspecified atom stereocenters. The number of nitriles is 1. The van der Waals surface area contributed by atoms with Gasteiger partial charge < -0.3 is 5.32 Å². The zero-order valence-electron chi connectivity index (χ0n) is 15.4. The fraction of sp³-hybridized carbons (Fsp3) is 0.300. The maximum absolute atomic E-state index is 12.2. The first kappa shape index (κ1) is 19.3. The molecule has 0 saturated carbocycles. The summed E-state index contributed by atoms with van der Waals surface area (Å²) in [6.45, 7) is 6.16. The van der Waals surface area contributed by atoms with Crippen LogP contribution in [0.4, 0.5) is 5.13 Å². The number of rotatable bonds is 6. The lowest BCUT2D eigenvalue weighted by atomic mass is 10.1. The summed E-state index contributed by atoms with van der Waals surface area (Å²) in [6.07, 6.45) is 0.331. The van der Waals surface area contributed by atoms with Crippen molar-refractivity contribution in [2.75, 3.05) is 11.1 Å². The number of thioether (sulfide) groups is 1. The van der Waals surface area contributed by atoms with E-state index >= 15 is 0 Å². The maximum atomic E-state index is 12.2. The lowest BCUT2D eigenvalue weighted by Crippen LogP contribution is -2.12. The van der Waals surface area contributed by atoms with Crippen LogP contribution in [-0.4, -0.2) is 21.6 Å². The molecule has 1 N–H and O–H groups in total. The Kier molecular flexibility index (Phi) is 6.09. The second kappa shape index (κ2) is 8.51. The molecule has 0 aliphatic heterocycles. The standard InChI is InChI=1S/C20H20N4OS2/c1-12(2)15-7-5-14(11-21)19(22-15)26-9-8-18(25)24-20-23-16-6-4-13(3)10-17(16)27-20/h4-7,10,12H,8-9H2,1-3H3,(H,23,24,25). The molecule has 1 aromatic carbocycles. The van der Waals surface area contributed by atoms with Gasteiger partial charge in [0.15, 0.2) is 5.13 Å². The van der Waals surface area contributed by atoms with Gasteiger partial charge in [-0.2, -0.15) is 5.26 Å². The number of nitrogens with one attached hydrogen (secondary N) is 1. The van der Waals surface area contributed by atoms with E-state index in [1.807, 2.05) is 25.1 Å². The molecule has 0 aliphatic carbocycles. The molecule has 27 heavy (non-hydrogen) atoms. The molecule has 0 aliphatic rings. The smallest absolute Gasteiger partial charge is 0.226 e. The summed E-state index contributed by atoms with van der Waals surface area (Å²) in [6, 6.07) is 11.9. The maximum Gasteiger partial charge on any atom is 0.226 e. The monoisotopic (exact) mass is 396 g/mol. The largest absolute Gasteiger partial charge is 0.302 e. The highest BCUT2D eigenvalue weighted by atomic mass is 32.2. The number of carbonyl (C=O) groups is 1. The van der Waals surface area contributed by atoms with E-state index in [0.29, 0.717) is 33.8 Å². The van der Waals surface area contributed by atoms with Crippen molar-refractivity contribution in [2.45, 2.75) is 38.1 Å². The third-order valence-corrected chi connectivity index (χ3v) is 5.88. The minimum absolute atomic E-state index is 0.0863. The number of benzene rings is 1. The molecule has 3 aromatic rings. The zero-order chi connectivity index (χ0) is 19.4. The molecule has 0 saturated heterocycles. The number of fused-ring (bicyclic) bond motifs is 1. The number of pyridine rings is 1. The summed E-state index contributed by atoms with van der Waals surface area (Å²) in [5.74, 6) is 0.763. The van der Waals surface area contributed by atoms with E-state index in [1.54, 1.807) is 6.07 Å². The Morgan fingerprint density at radius 2 is 2.11 bits per heavy atom. The molecule has 0 radical (unpaired) electrons. The van der Waals surface area contributed by atoms with E-state index in [9.17, 15) is 10.1 Å². The lowest BCUT2D eigenvalue weighted by Gasteiger charge is -2.08. The van der Waals surface area contributed by atoms with Crippen molar-refractivity contribution in [1.82, 2.24) is 9.97 Å². The van der Waals surface area contributed by atoms with Crippen LogP contribution in [0, 0.1) is 18.3 Å². The van der Waals surface area contributed by atoms with E-state index in [4.69, 9.17) is 0 Å². The molecular weight excluding hydrogens is 376 g/mol. The van der Waals surface area contributed by atoms with Crippen molar-refractivity contribution >= 4 is 44.4 Å². The quantitative estimate of drug-likeness (QED) is 0.585. The Morgan fingerprint density at radius 1 is 1.30 bits per heavy atom. The van der Waals surface area contributed by atoms with Gasteiger partial charge in [-0.1, -0.05) is 31.3 Å². The molecule has 2 heterocycles. The lowest BCUT2D eigenvalue weighted by molar-refractivity contribution is -0.115. The fourth-order valence-electron chi connectivity index (χ4n) is 2.48. The van der Waals surface area contributed by atoms with E-state index in [0.717, 1.165) is 15.9 Å². The van der Waals surface area contributed by atoms with E-state index in [-0.39, 0.29) is 5.91 Å². The number of hydrogen-bond acceptors (Lipinski definition) is 6.